The molecule has 0 aliphatic heterocycles. The molecule has 0 amide bonds. The highest BCUT2D eigenvalue weighted by molar-refractivity contribution is 4.84. The van der Waals surface area contributed by atoms with E-state index in [0.717, 1.165) is 19.3 Å². The predicted molar refractivity (Wildman–Crippen MR) is 60.3 cm³/mol. The lowest BCUT2D eigenvalue weighted by atomic mass is 9.90. The fourth-order valence-corrected chi connectivity index (χ4v) is 2.36. The lowest BCUT2D eigenvalue weighted by Gasteiger charge is -2.33. The van der Waals surface area contributed by atoms with Crippen molar-refractivity contribution in [3.8, 4) is 0 Å². The minimum atomic E-state index is -0.114. The number of rotatable bonds is 4. The van der Waals surface area contributed by atoms with Crippen LogP contribution in [0.2, 0.25) is 0 Å². The molecule has 0 heterocycles. The van der Waals surface area contributed by atoms with Gasteiger partial charge in [0.2, 0.25) is 0 Å². The Morgan fingerprint density at radius 2 is 1.93 bits per heavy atom. The first-order valence-corrected chi connectivity index (χ1v) is 6.09. The van der Waals surface area contributed by atoms with Crippen molar-refractivity contribution in [3.05, 3.63) is 0 Å². The molecule has 0 aromatic carbocycles. The Morgan fingerprint density at radius 1 is 1.29 bits per heavy atom. The first-order valence-electron chi connectivity index (χ1n) is 6.09. The van der Waals surface area contributed by atoms with Crippen LogP contribution in [-0.2, 0) is 0 Å². The van der Waals surface area contributed by atoms with Gasteiger partial charge in [0, 0.05) is 12.1 Å². The summed E-state index contributed by atoms with van der Waals surface area (Å²) >= 11 is 0. The lowest BCUT2D eigenvalue weighted by Crippen LogP contribution is -2.48. The van der Waals surface area contributed by atoms with E-state index in [-0.39, 0.29) is 6.10 Å². The van der Waals surface area contributed by atoms with Gasteiger partial charge in [0.25, 0.3) is 0 Å². The van der Waals surface area contributed by atoms with Crippen molar-refractivity contribution in [3.63, 3.8) is 0 Å². The van der Waals surface area contributed by atoms with Crippen molar-refractivity contribution in [2.24, 2.45) is 5.92 Å². The van der Waals surface area contributed by atoms with Gasteiger partial charge in [-0.05, 0) is 25.2 Å². The standard InChI is InChI=1S/C12H25NO/c1-4-10(9(2)3)13-11-7-5-6-8-12(11)14/h9-14H,4-8H2,1-3H3/t10-,11+,12-/m0/s1. The highest BCUT2D eigenvalue weighted by Gasteiger charge is 2.25. The molecule has 0 aromatic rings. The second-order valence-corrected chi connectivity index (χ2v) is 4.88. The second-order valence-electron chi connectivity index (χ2n) is 4.88. The number of aliphatic hydroxyl groups excluding tert-OH is 1. The fraction of sp³-hybridized carbons (Fsp3) is 1.00. The monoisotopic (exact) mass is 199 g/mol. The molecule has 84 valence electrons. The van der Waals surface area contributed by atoms with Gasteiger partial charge in [0.1, 0.15) is 0 Å². The third-order valence-electron chi connectivity index (χ3n) is 3.40. The molecular weight excluding hydrogens is 174 g/mol. The van der Waals surface area contributed by atoms with Gasteiger partial charge in [0.15, 0.2) is 0 Å². The van der Waals surface area contributed by atoms with Crippen molar-refractivity contribution in [2.45, 2.75) is 71.1 Å². The van der Waals surface area contributed by atoms with E-state index >= 15 is 0 Å². The van der Waals surface area contributed by atoms with Gasteiger partial charge in [-0.15, -0.1) is 0 Å². The van der Waals surface area contributed by atoms with Crippen LogP contribution in [0.15, 0.2) is 0 Å². The normalized spacial score (nSPS) is 30.6. The molecule has 0 radical (unpaired) electrons. The maximum absolute atomic E-state index is 9.83. The zero-order valence-electron chi connectivity index (χ0n) is 9.79. The summed E-state index contributed by atoms with van der Waals surface area (Å²) in [6, 6.07) is 0.906. The summed E-state index contributed by atoms with van der Waals surface area (Å²) in [5.74, 6) is 0.661. The van der Waals surface area contributed by atoms with Crippen LogP contribution in [0.1, 0.15) is 52.9 Å². The lowest BCUT2D eigenvalue weighted by molar-refractivity contribution is 0.0806. The molecule has 0 saturated heterocycles. The van der Waals surface area contributed by atoms with E-state index in [0.29, 0.717) is 18.0 Å². The molecule has 1 aliphatic rings. The zero-order chi connectivity index (χ0) is 10.6. The van der Waals surface area contributed by atoms with Gasteiger partial charge in [-0.1, -0.05) is 33.6 Å². The van der Waals surface area contributed by atoms with Gasteiger partial charge >= 0.3 is 0 Å². The Morgan fingerprint density at radius 3 is 2.43 bits per heavy atom. The van der Waals surface area contributed by atoms with Crippen LogP contribution in [0.4, 0.5) is 0 Å². The molecule has 2 heteroatoms. The molecular formula is C12H25NO. The van der Waals surface area contributed by atoms with Gasteiger partial charge in [-0.3, -0.25) is 0 Å². The SMILES string of the molecule is CC[C@H](N[C@@H]1CCCC[C@@H]1O)C(C)C. The third kappa shape index (κ3) is 3.25. The Balaban J connectivity index is 2.39. The summed E-state index contributed by atoms with van der Waals surface area (Å²) in [6.07, 6.45) is 5.62. The molecule has 0 aromatic heterocycles. The van der Waals surface area contributed by atoms with E-state index in [1.807, 2.05) is 0 Å². The summed E-state index contributed by atoms with van der Waals surface area (Å²) in [5, 5.41) is 13.4. The summed E-state index contributed by atoms with van der Waals surface area (Å²) in [5.41, 5.74) is 0. The average molecular weight is 199 g/mol. The largest absolute Gasteiger partial charge is 0.392 e. The summed E-state index contributed by atoms with van der Waals surface area (Å²) < 4.78 is 0. The summed E-state index contributed by atoms with van der Waals surface area (Å²) in [7, 11) is 0. The number of nitrogens with one attached hydrogen (secondary N) is 1. The molecule has 14 heavy (non-hydrogen) atoms. The molecule has 2 N–H and O–H groups in total. The average Bonchev–Trinajstić information content (AvgIpc) is 2.16. The van der Waals surface area contributed by atoms with Crippen molar-refractivity contribution in [1.82, 2.24) is 5.32 Å². The first-order chi connectivity index (χ1) is 6.65. The van der Waals surface area contributed by atoms with Crippen LogP contribution in [0, 0.1) is 5.92 Å². The number of hydrogen-bond donors (Lipinski definition) is 2. The summed E-state index contributed by atoms with van der Waals surface area (Å²) in [6.45, 7) is 6.71. The van der Waals surface area contributed by atoms with Crippen molar-refractivity contribution >= 4 is 0 Å². The minimum Gasteiger partial charge on any atom is -0.392 e. The predicted octanol–water partition coefficient (Wildman–Crippen LogP) is 2.31. The summed E-state index contributed by atoms with van der Waals surface area (Å²) in [4.78, 5) is 0. The highest BCUT2D eigenvalue weighted by atomic mass is 16.3. The van der Waals surface area contributed by atoms with Crippen molar-refractivity contribution < 1.29 is 5.11 Å². The maximum atomic E-state index is 9.83. The van der Waals surface area contributed by atoms with Gasteiger partial charge in [0.05, 0.1) is 6.10 Å². The topological polar surface area (TPSA) is 32.3 Å². The quantitative estimate of drug-likeness (QED) is 0.728. The van der Waals surface area contributed by atoms with Crippen LogP contribution in [-0.4, -0.2) is 23.3 Å². The van der Waals surface area contributed by atoms with Gasteiger partial charge < -0.3 is 10.4 Å². The third-order valence-corrected chi connectivity index (χ3v) is 3.40. The van der Waals surface area contributed by atoms with E-state index in [1.165, 1.54) is 12.8 Å². The molecule has 0 spiro atoms. The highest BCUT2D eigenvalue weighted by Crippen LogP contribution is 2.20. The van der Waals surface area contributed by atoms with Gasteiger partial charge in [-0.25, -0.2) is 0 Å². The van der Waals surface area contributed by atoms with E-state index in [9.17, 15) is 5.11 Å². The smallest absolute Gasteiger partial charge is 0.0693 e. The van der Waals surface area contributed by atoms with Crippen molar-refractivity contribution in [2.75, 3.05) is 0 Å². The Bertz CT molecular complexity index is 158. The molecule has 0 unspecified atom stereocenters. The van der Waals surface area contributed by atoms with E-state index in [4.69, 9.17) is 0 Å². The minimum absolute atomic E-state index is 0.114. The molecule has 1 rings (SSSR count). The van der Waals surface area contributed by atoms with E-state index < -0.39 is 0 Å². The van der Waals surface area contributed by atoms with Crippen LogP contribution in [0.25, 0.3) is 0 Å². The van der Waals surface area contributed by atoms with Crippen LogP contribution in [0.5, 0.6) is 0 Å². The Hall–Kier alpha value is -0.0800. The molecule has 2 nitrogen and oxygen atoms in total. The number of aliphatic hydroxyl groups is 1. The maximum Gasteiger partial charge on any atom is 0.0693 e. The van der Waals surface area contributed by atoms with Crippen LogP contribution >= 0.6 is 0 Å². The Labute approximate surface area is 88.1 Å². The molecule has 1 aliphatic carbocycles. The zero-order valence-corrected chi connectivity index (χ0v) is 9.79. The molecule has 1 fully saturated rings. The molecule has 3 atom stereocenters. The molecule has 1 saturated carbocycles. The van der Waals surface area contributed by atoms with E-state index in [2.05, 4.69) is 26.1 Å². The van der Waals surface area contributed by atoms with Gasteiger partial charge in [-0.2, -0.15) is 0 Å². The molecule has 0 bridgehead atoms. The number of hydrogen-bond acceptors (Lipinski definition) is 2. The fourth-order valence-electron chi connectivity index (χ4n) is 2.36. The Kier molecular flexibility index (Phi) is 4.90. The first kappa shape index (κ1) is 12.0. The van der Waals surface area contributed by atoms with Crippen LogP contribution < -0.4 is 5.32 Å². The van der Waals surface area contributed by atoms with E-state index in [1.54, 1.807) is 0 Å². The van der Waals surface area contributed by atoms with Crippen LogP contribution in [0.3, 0.4) is 0 Å². The second kappa shape index (κ2) is 5.72. The van der Waals surface area contributed by atoms with Crippen molar-refractivity contribution in [1.29, 1.82) is 0 Å².